The van der Waals surface area contributed by atoms with Gasteiger partial charge in [-0.1, -0.05) is 19.3 Å². The SMILES string of the molecule is O=C(CN1CCC2(CCCCC2)CC1)N[C@@H]1CCS(=O)(=O)C1. The van der Waals surface area contributed by atoms with Crippen LogP contribution in [0.5, 0.6) is 0 Å². The Morgan fingerprint density at radius 3 is 2.36 bits per heavy atom. The van der Waals surface area contributed by atoms with Crippen LogP contribution in [-0.2, 0) is 14.6 Å². The number of hydrogen-bond donors (Lipinski definition) is 1. The minimum absolute atomic E-state index is 0.0123. The fourth-order valence-electron chi connectivity index (χ4n) is 4.37. The lowest BCUT2D eigenvalue weighted by Crippen LogP contribution is -2.47. The smallest absolute Gasteiger partial charge is 0.234 e. The molecule has 0 radical (unpaired) electrons. The van der Waals surface area contributed by atoms with Crippen molar-refractivity contribution in [3.8, 4) is 0 Å². The Morgan fingerprint density at radius 1 is 1.09 bits per heavy atom. The van der Waals surface area contributed by atoms with Crippen molar-refractivity contribution in [1.82, 2.24) is 10.2 Å². The fraction of sp³-hybridized carbons (Fsp3) is 0.938. The normalized spacial score (nSPS) is 31.2. The molecule has 0 bridgehead atoms. The summed E-state index contributed by atoms with van der Waals surface area (Å²) in [4.78, 5) is 14.3. The molecule has 1 spiro atoms. The molecule has 22 heavy (non-hydrogen) atoms. The molecule has 2 saturated heterocycles. The summed E-state index contributed by atoms with van der Waals surface area (Å²) in [5.41, 5.74) is 0.560. The van der Waals surface area contributed by atoms with E-state index in [1.54, 1.807) is 0 Å². The first-order chi connectivity index (χ1) is 10.5. The van der Waals surface area contributed by atoms with Gasteiger partial charge in [-0.3, -0.25) is 9.69 Å². The number of piperidine rings is 1. The van der Waals surface area contributed by atoms with E-state index in [2.05, 4.69) is 10.2 Å². The first kappa shape index (κ1) is 16.2. The fourth-order valence-corrected chi connectivity index (χ4v) is 6.05. The number of sulfone groups is 1. The molecule has 1 N–H and O–H groups in total. The Balaban J connectivity index is 1.42. The van der Waals surface area contributed by atoms with E-state index in [4.69, 9.17) is 0 Å². The maximum Gasteiger partial charge on any atom is 0.234 e. The zero-order chi connectivity index (χ0) is 15.6. The van der Waals surface area contributed by atoms with Crippen LogP contribution in [0.1, 0.15) is 51.4 Å². The van der Waals surface area contributed by atoms with Crippen LogP contribution < -0.4 is 5.32 Å². The van der Waals surface area contributed by atoms with Gasteiger partial charge in [0.1, 0.15) is 0 Å². The Kier molecular flexibility index (Phi) is 4.78. The van der Waals surface area contributed by atoms with Crippen molar-refractivity contribution >= 4 is 15.7 Å². The molecule has 2 heterocycles. The van der Waals surface area contributed by atoms with Crippen molar-refractivity contribution < 1.29 is 13.2 Å². The zero-order valence-corrected chi connectivity index (χ0v) is 14.2. The topological polar surface area (TPSA) is 66.5 Å². The van der Waals surface area contributed by atoms with Crippen LogP contribution in [0.25, 0.3) is 0 Å². The van der Waals surface area contributed by atoms with E-state index in [-0.39, 0.29) is 23.5 Å². The van der Waals surface area contributed by atoms with Gasteiger partial charge in [0.15, 0.2) is 9.84 Å². The van der Waals surface area contributed by atoms with Crippen LogP contribution in [-0.4, -0.2) is 56.4 Å². The number of carbonyl (C=O) groups excluding carboxylic acids is 1. The third-order valence-electron chi connectivity index (χ3n) is 5.80. The van der Waals surface area contributed by atoms with E-state index in [1.807, 2.05) is 0 Å². The van der Waals surface area contributed by atoms with Crippen LogP contribution in [0, 0.1) is 5.41 Å². The molecule has 0 unspecified atom stereocenters. The minimum atomic E-state index is -2.92. The molecule has 1 atom stereocenters. The van der Waals surface area contributed by atoms with Crippen LogP contribution >= 0.6 is 0 Å². The number of rotatable bonds is 3. The number of amides is 1. The molecule has 0 aromatic rings. The second kappa shape index (κ2) is 6.48. The van der Waals surface area contributed by atoms with Gasteiger partial charge in [-0.05, 0) is 50.6 Å². The predicted octanol–water partition coefficient (Wildman–Crippen LogP) is 1.34. The second-order valence-corrected chi connectivity index (χ2v) is 9.73. The highest BCUT2D eigenvalue weighted by atomic mass is 32.2. The van der Waals surface area contributed by atoms with Crippen LogP contribution in [0.15, 0.2) is 0 Å². The number of hydrogen-bond acceptors (Lipinski definition) is 4. The quantitative estimate of drug-likeness (QED) is 0.849. The molecule has 3 aliphatic rings. The van der Waals surface area contributed by atoms with Gasteiger partial charge in [0.2, 0.25) is 5.91 Å². The predicted molar refractivity (Wildman–Crippen MR) is 86.4 cm³/mol. The number of nitrogens with zero attached hydrogens (tertiary/aromatic N) is 1. The second-order valence-electron chi connectivity index (χ2n) is 7.50. The summed E-state index contributed by atoms with van der Waals surface area (Å²) in [7, 11) is -2.92. The maximum absolute atomic E-state index is 12.1. The first-order valence-corrected chi connectivity index (χ1v) is 10.5. The Hall–Kier alpha value is -0.620. The maximum atomic E-state index is 12.1. The molecular weight excluding hydrogens is 300 g/mol. The molecule has 1 aliphatic carbocycles. The molecule has 6 heteroatoms. The summed E-state index contributed by atoms with van der Waals surface area (Å²) in [6.07, 6.45) is 9.87. The lowest BCUT2D eigenvalue weighted by atomic mass is 9.68. The van der Waals surface area contributed by atoms with Gasteiger partial charge in [0.25, 0.3) is 0 Å². The third-order valence-corrected chi connectivity index (χ3v) is 7.56. The monoisotopic (exact) mass is 328 g/mol. The summed E-state index contributed by atoms with van der Waals surface area (Å²) >= 11 is 0. The zero-order valence-electron chi connectivity index (χ0n) is 13.3. The van der Waals surface area contributed by atoms with Crippen molar-refractivity contribution in [2.24, 2.45) is 5.41 Å². The van der Waals surface area contributed by atoms with Crippen molar-refractivity contribution in [3.63, 3.8) is 0 Å². The van der Waals surface area contributed by atoms with Gasteiger partial charge in [0, 0.05) is 6.04 Å². The van der Waals surface area contributed by atoms with Gasteiger partial charge >= 0.3 is 0 Å². The molecule has 1 saturated carbocycles. The molecule has 2 aliphatic heterocycles. The molecule has 1 amide bonds. The van der Waals surface area contributed by atoms with Crippen LogP contribution in [0.3, 0.4) is 0 Å². The standard InChI is InChI=1S/C16H28N2O3S/c19-15(17-14-4-11-22(20,21)13-14)12-18-9-7-16(8-10-18)5-2-1-3-6-16/h14H,1-13H2,(H,17,19)/t14-/m1/s1. The molecule has 5 nitrogen and oxygen atoms in total. The number of likely N-dealkylation sites (tertiary alicyclic amines) is 1. The number of carbonyl (C=O) groups is 1. The summed E-state index contributed by atoms with van der Waals surface area (Å²) in [5.74, 6) is 0.313. The summed E-state index contributed by atoms with van der Waals surface area (Å²) in [6.45, 7) is 2.44. The number of nitrogens with one attached hydrogen (secondary N) is 1. The van der Waals surface area contributed by atoms with Crippen LogP contribution in [0.2, 0.25) is 0 Å². The summed E-state index contributed by atoms with van der Waals surface area (Å²) in [6, 6.07) is -0.174. The minimum Gasteiger partial charge on any atom is -0.351 e. The van der Waals surface area contributed by atoms with Crippen molar-refractivity contribution in [1.29, 1.82) is 0 Å². The van der Waals surface area contributed by atoms with E-state index in [0.29, 0.717) is 18.4 Å². The summed E-state index contributed by atoms with van der Waals surface area (Å²) < 4.78 is 22.8. The van der Waals surface area contributed by atoms with Gasteiger partial charge in [-0.25, -0.2) is 8.42 Å². The first-order valence-electron chi connectivity index (χ1n) is 8.69. The molecule has 3 fully saturated rings. The summed E-state index contributed by atoms with van der Waals surface area (Å²) in [5, 5.41) is 2.89. The lowest BCUT2D eigenvalue weighted by molar-refractivity contribution is -0.123. The molecular formula is C16H28N2O3S. The highest BCUT2D eigenvalue weighted by Gasteiger charge is 2.36. The molecule has 3 rings (SSSR count). The molecule has 0 aromatic carbocycles. The van der Waals surface area contributed by atoms with Crippen molar-refractivity contribution in [2.75, 3.05) is 31.1 Å². The molecule has 0 aromatic heterocycles. The van der Waals surface area contributed by atoms with Crippen LogP contribution in [0.4, 0.5) is 0 Å². The highest BCUT2D eigenvalue weighted by Crippen LogP contribution is 2.44. The van der Waals surface area contributed by atoms with E-state index in [9.17, 15) is 13.2 Å². The third kappa shape index (κ3) is 4.02. The Labute approximate surface area is 133 Å². The van der Waals surface area contributed by atoms with E-state index >= 15 is 0 Å². The van der Waals surface area contributed by atoms with Crippen molar-refractivity contribution in [3.05, 3.63) is 0 Å². The van der Waals surface area contributed by atoms with E-state index < -0.39 is 9.84 Å². The van der Waals surface area contributed by atoms with E-state index in [1.165, 1.54) is 44.9 Å². The lowest BCUT2D eigenvalue weighted by Gasteiger charge is -2.44. The van der Waals surface area contributed by atoms with Crippen molar-refractivity contribution in [2.45, 2.75) is 57.4 Å². The largest absolute Gasteiger partial charge is 0.351 e. The highest BCUT2D eigenvalue weighted by molar-refractivity contribution is 7.91. The average molecular weight is 328 g/mol. The average Bonchev–Trinajstić information content (AvgIpc) is 2.81. The van der Waals surface area contributed by atoms with Gasteiger partial charge in [0.05, 0.1) is 18.1 Å². The Bertz CT molecular complexity index is 501. The Morgan fingerprint density at radius 2 is 1.77 bits per heavy atom. The van der Waals surface area contributed by atoms with Gasteiger partial charge in [-0.15, -0.1) is 0 Å². The van der Waals surface area contributed by atoms with Gasteiger partial charge in [-0.2, -0.15) is 0 Å². The molecule has 126 valence electrons. The van der Waals surface area contributed by atoms with Gasteiger partial charge < -0.3 is 5.32 Å². The van der Waals surface area contributed by atoms with E-state index in [0.717, 1.165) is 13.1 Å².